The molecule has 1 N–H and O–H groups in total. The van der Waals surface area contributed by atoms with Crippen molar-refractivity contribution in [2.45, 2.75) is 33.7 Å². The standard InChI is InChI=1S/C20H26N4O2/c1-14-18(15(2)22-19(14)16(3)25)20(26)24-9-5-8-23(10-11-24)13-17-6-4-7-21-12-17/h4,6-7,12,22H,5,8-11,13H2,1-3H3. The van der Waals surface area contributed by atoms with Gasteiger partial charge in [0.25, 0.3) is 5.91 Å². The molecule has 0 atom stereocenters. The second-order valence-corrected chi connectivity index (χ2v) is 6.96. The Morgan fingerprint density at radius 1 is 1.19 bits per heavy atom. The van der Waals surface area contributed by atoms with Crippen molar-refractivity contribution in [3.05, 3.63) is 52.6 Å². The molecule has 0 aliphatic carbocycles. The van der Waals surface area contributed by atoms with Gasteiger partial charge in [0.2, 0.25) is 0 Å². The van der Waals surface area contributed by atoms with Gasteiger partial charge in [0.1, 0.15) is 0 Å². The number of hydrogen-bond donors (Lipinski definition) is 1. The van der Waals surface area contributed by atoms with Gasteiger partial charge in [-0.1, -0.05) is 6.07 Å². The van der Waals surface area contributed by atoms with Gasteiger partial charge in [-0.25, -0.2) is 0 Å². The lowest BCUT2D eigenvalue weighted by molar-refractivity contribution is 0.0760. The fourth-order valence-corrected chi connectivity index (χ4v) is 3.66. The Hall–Kier alpha value is -2.47. The molecule has 1 aliphatic heterocycles. The molecule has 1 saturated heterocycles. The van der Waals surface area contributed by atoms with Crippen LogP contribution in [0.15, 0.2) is 24.5 Å². The zero-order valence-corrected chi connectivity index (χ0v) is 15.7. The van der Waals surface area contributed by atoms with Crippen molar-refractivity contribution < 1.29 is 9.59 Å². The van der Waals surface area contributed by atoms with Crippen LogP contribution in [-0.2, 0) is 6.54 Å². The summed E-state index contributed by atoms with van der Waals surface area (Å²) in [5, 5.41) is 0. The monoisotopic (exact) mass is 354 g/mol. The predicted octanol–water partition coefficient (Wildman–Crippen LogP) is 2.58. The van der Waals surface area contributed by atoms with E-state index in [2.05, 4.69) is 20.9 Å². The highest BCUT2D eigenvalue weighted by Gasteiger charge is 2.26. The average Bonchev–Trinajstić information content (AvgIpc) is 2.78. The first-order chi connectivity index (χ1) is 12.5. The first kappa shape index (κ1) is 18.3. The van der Waals surface area contributed by atoms with Crippen LogP contribution in [-0.4, -0.2) is 57.6 Å². The molecule has 6 heteroatoms. The molecule has 1 amide bonds. The van der Waals surface area contributed by atoms with Gasteiger partial charge < -0.3 is 9.88 Å². The van der Waals surface area contributed by atoms with Crippen LogP contribution >= 0.6 is 0 Å². The summed E-state index contributed by atoms with van der Waals surface area (Å²) in [6, 6.07) is 4.03. The molecular weight excluding hydrogens is 328 g/mol. The third kappa shape index (κ3) is 3.85. The molecule has 0 aromatic carbocycles. The Balaban J connectivity index is 1.69. The van der Waals surface area contributed by atoms with Crippen molar-refractivity contribution >= 4 is 11.7 Å². The number of Topliss-reactive ketones (excluding diaryl/α,β-unsaturated/α-hetero) is 1. The predicted molar refractivity (Wildman–Crippen MR) is 100 cm³/mol. The summed E-state index contributed by atoms with van der Waals surface area (Å²) in [7, 11) is 0. The Bertz CT molecular complexity index is 798. The molecule has 0 radical (unpaired) electrons. The summed E-state index contributed by atoms with van der Waals surface area (Å²) in [6.07, 6.45) is 4.61. The van der Waals surface area contributed by atoms with Gasteiger partial charge in [-0.15, -0.1) is 0 Å². The number of carbonyl (C=O) groups excluding carboxylic acids is 2. The minimum atomic E-state index is -0.0387. The maximum Gasteiger partial charge on any atom is 0.256 e. The van der Waals surface area contributed by atoms with E-state index >= 15 is 0 Å². The number of carbonyl (C=O) groups is 2. The quantitative estimate of drug-likeness (QED) is 0.857. The molecule has 1 aliphatic rings. The lowest BCUT2D eigenvalue weighted by atomic mass is 10.1. The van der Waals surface area contributed by atoms with Crippen molar-refractivity contribution in [1.82, 2.24) is 19.8 Å². The van der Waals surface area contributed by atoms with Crippen LogP contribution in [0, 0.1) is 13.8 Å². The van der Waals surface area contributed by atoms with E-state index in [4.69, 9.17) is 0 Å². The maximum atomic E-state index is 13.1. The molecule has 2 aromatic heterocycles. The van der Waals surface area contributed by atoms with Crippen LogP contribution in [0.2, 0.25) is 0 Å². The van der Waals surface area contributed by atoms with E-state index < -0.39 is 0 Å². The van der Waals surface area contributed by atoms with Crippen LogP contribution in [0.1, 0.15) is 51.0 Å². The second kappa shape index (κ2) is 7.83. The van der Waals surface area contributed by atoms with Gasteiger partial charge in [-0.3, -0.25) is 19.5 Å². The van der Waals surface area contributed by atoms with Gasteiger partial charge in [-0.2, -0.15) is 0 Å². The topological polar surface area (TPSA) is 69.3 Å². The zero-order chi connectivity index (χ0) is 18.7. The number of hydrogen-bond acceptors (Lipinski definition) is 4. The molecule has 0 saturated carbocycles. The van der Waals surface area contributed by atoms with E-state index in [1.54, 1.807) is 6.20 Å². The molecule has 2 aromatic rings. The summed E-state index contributed by atoms with van der Waals surface area (Å²) in [6.45, 7) is 9.31. The summed E-state index contributed by atoms with van der Waals surface area (Å²) in [5.74, 6) is -0.0184. The smallest absolute Gasteiger partial charge is 0.256 e. The Kier molecular flexibility index (Phi) is 5.52. The molecule has 138 valence electrons. The molecular formula is C20H26N4O2. The van der Waals surface area contributed by atoms with Crippen molar-refractivity contribution in [3.8, 4) is 0 Å². The number of amides is 1. The molecule has 6 nitrogen and oxygen atoms in total. The minimum absolute atomic E-state index is 0.0203. The Morgan fingerprint density at radius 2 is 2.00 bits per heavy atom. The van der Waals surface area contributed by atoms with Crippen LogP contribution in [0.5, 0.6) is 0 Å². The lowest BCUT2D eigenvalue weighted by Crippen LogP contribution is -2.35. The molecule has 0 bridgehead atoms. The second-order valence-electron chi connectivity index (χ2n) is 6.96. The average molecular weight is 354 g/mol. The van der Waals surface area contributed by atoms with Crippen molar-refractivity contribution in [2.75, 3.05) is 26.2 Å². The Morgan fingerprint density at radius 3 is 2.65 bits per heavy atom. The number of nitrogens with zero attached hydrogens (tertiary/aromatic N) is 3. The number of nitrogens with one attached hydrogen (secondary N) is 1. The van der Waals surface area contributed by atoms with Crippen molar-refractivity contribution in [2.24, 2.45) is 0 Å². The maximum absolute atomic E-state index is 13.1. The number of aryl methyl sites for hydroxylation is 1. The fraction of sp³-hybridized carbons (Fsp3) is 0.450. The molecule has 3 rings (SSSR count). The summed E-state index contributed by atoms with van der Waals surface area (Å²) in [4.78, 5) is 36.3. The van der Waals surface area contributed by atoms with E-state index in [-0.39, 0.29) is 11.7 Å². The van der Waals surface area contributed by atoms with Gasteiger partial charge in [-0.05, 0) is 37.5 Å². The third-order valence-electron chi connectivity index (χ3n) is 5.01. The van der Waals surface area contributed by atoms with Crippen LogP contribution in [0.4, 0.5) is 0 Å². The number of aromatic nitrogens is 2. The number of rotatable bonds is 4. The van der Waals surface area contributed by atoms with E-state index in [0.29, 0.717) is 17.8 Å². The van der Waals surface area contributed by atoms with Crippen LogP contribution in [0.25, 0.3) is 0 Å². The summed E-state index contributed by atoms with van der Waals surface area (Å²) >= 11 is 0. The molecule has 0 spiro atoms. The van der Waals surface area contributed by atoms with Gasteiger partial charge in [0.15, 0.2) is 5.78 Å². The van der Waals surface area contributed by atoms with Gasteiger partial charge in [0, 0.05) is 57.7 Å². The van der Waals surface area contributed by atoms with Crippen LogP contribution in [0.3, 0.4) is 0 Å². The molecule has 1 fully saturated rings. The molecule has 26 heavy (non-hydrogen) atoms. The highest BCUT2D eigenvalue weighted by atomic mass is 16.2. The number of ketones is 1. The number of aromatic amines is 1. The van der Waals surface area contributed by atoms with Gasteiger partial charge >= 0.3 is 0 Å². The first-order valence-electron chi connectivity index (χ1n) is 9.08. The molecule has 3 heterocycles. The fourth-order valence-electron chi connectivity index (χ4n) is 3.66. The SMILES string of the molecule is CC(=O)c1[nH]c(C)c(C(=O)N2CCCN(Cc3cccnc3)CC2)c1C. The molecule has 0 unspecified atom stereocenters. The van der Waals surface area contributed by atoms with E-state index in [0.717, 1.165) is 43.9 Å². The largest absolute Gasteiger partial charge is 0.355 e. The van der Waals surface area contributed by atoms with E-state index in [1.807, 2.05) is 31.0 Å². The normalized spacial score (nSPS) is 15.7. The van der Waals surface area contributed by atoms with E-state index in [1.165, 1.54) is 12.5 Å². The third-order valence-corrected chi connectivity index (χ3v) is 5.01. The van der Waals surface area contributed by atoms with Crippen LogP contribution < -0.4 is 0 Å². The Labute approximate surface area is 154 Å². The van der Waals surface area contributed by atoms with Crippen molar-refractivity contribution in [1.29, 1.82) is 0 Å². The summed E-state index contributed by atoms with van der Waals surface area (Å²) in [5.41, 5.74) is 3.91. The zero-order valence-electron chi connectivity index (χ0n) is 15.7. The first-order valence-corrected chi connectivity index (χ1v) is 9.08. The van der Waals surface area contributed by atoms with Gasteiger partial charge in [0.05, 0.1) is 11.3 Å². The lowest BCUT2D eigenvalue weighted by Gasteiger charge is -2.22. The number of H-pyrrole nitrogens is 1. The van der Waals surface area contributed by atoms with Crippen molar-refractivity contribution in [3.63, 3.8) is 0 Å². The number of pyridine rings is 1. The van der Waals surface area contributed by atoms with E-state index in [9.17, 15) is 9.59 Å². The summed E-state index contributed by atoms with van der Waals surface area (Å²) < 4.78 is 0. The highest BCUT2D eigenvalue weighted by molar-refractivity contribution is 6.02. The highest BCUT2D eigenvalue weighted by Crippen LogP contribution is 2.21. The minimum Gasteiger partial charge on any atom is -0.355 e.